The van der Waals surface area contributed by atoms with E-state index in [0.29, 0.717) is 24.9 Å². The van der Waals surface area contributed by atoms with Gasteiger partial charge < -0.3 is 15.1 Å². The molecule has 0 aliphatic heterocycles. The molecule has 28 heavy (non-hydrogen) atoms. The monoisotopic (exact) mass is 519 g/mol. The molecule has 1 saturated carbocycles. The van der Waals surface area contributed by atoms with Crippen LogP contribution in [0.2, 0.25) is 0 Å². The van der Waals surface area contributed by atoms with E-state index in [1.165, 1.54) is 0 Å². The van der Waals surface area contributed by atoms with Crippen LogP contribution in [0.5, 0.6) is 0 Å². The molecule has 0 spiro atoms. The third kappa shape index (κ3) is 6.17. The van der Waals surface area contributed by atoms with E-state index in [4.69, 9.17) is 4.42 Å². The summed E-state index contributed by atoms with van der Waals surface area (Å²) in [6.07, 6.45) is 1.83. The second-order valence-corrected chi connectivity index (χ2v) is 8.28. The first-order chi connectivity index (χ1) is 12.9. The molecule has 1 aliphatic carbocycles. The van der Waals surface area contributed by atoms with Gasteiger partial charge >= 0.3 is 0 Å². The first-order valence-electron chi connectivity index (χ1n) is 8.86. The van der Waals surface area contributed by atoms with Crippen molar-refractivity contribution in [3.05, 3.63) is 47.2 Å². The number of aryl methyl sites for hydroxylation is 2. The van der Waals surface area contributed by atoms with Crippen molar-refractivity contribution in [2.24, 2.45) is 4.99 Å². The molecule has 1 aromatic heterocycles. The number of hydrogen-bond donors (Lipinski definition) is 3. The van der Waals surface area contributed by atoms with Gasteiger partial charge in [-0.2, -0.15) is 0 Å². The zero-order chi connectivity index (χ0) is 19.4. The maximum absolute atomic E-state index is 12.2. The maximum atomic E-state index is 12.2. The molecule has 3 rings (SSSR count). The SMILES string of the molecule is CN=C(NCc1ccc(S(=O)(=O)NC2CC2)cc1)NCc1nc(C)c(C)o1.I. The number of aliphatic imine (C=N–C) groups is 1. The number of rotatable bonds is 7. The number of nitrogens with zero attached hydrogens (tertiary/aromatic N) is 2. The topological polar surface area (TPSA) is 109 Å². The van der Waals surface area contributed by atoms with Crippen molar-refractivity contribution in [1.82, 2.24) is 20.3 Å². The number of hydrogen-bond acceptors (Lipinski definition) is 5. The van der Waals surface area contributed by atoms with E-state index in [1.54, 1.807) is 31.3 Å². The highest BCUT2D eigenvalue weighted by Gasteiger charge is 2.27. The van der Waals surface area contributed by atoms with E-state index >= 15 is 0 Å². The van der Waals surface area contributed by atoms with Crippen molar-refractivity contribution in [3.8, 4) is 0 Å². The van der Waals surface area contributed by atoms with Gasteiger partial charge in [-0.3, -0.25) is 4.99 Å². The Labute approximate surface area is 182 Å². The normalized spacial score (nSPS) is 14.5. The molecule has 0 unspecified atom stereocenters. The molecule has 1 fully saturated rings. The first kappa shape index (κ1) is 22.6. The summed E-state index contributed by atoms with van der Waals surface area (Å²) in [6.45, 7) is 4.72. The number of aromatic nitrogens is 1. The molecule has 1 aliphatic rings. The maximum Gasteiger partial charge on any atom is 0.240 e. The molecule has 1 heterocycles. The number of sulfonamides is 1. The Morgan fingerprint density at radius 3 is 2.36 bits per heavy atom. The summed E-state index contributed by atoms with van der Waals surface area (Å²) in [7, 11) is -1.73. The Morgan fingerprint density at radius 2 is 1.82 bits per heavy atom. The van der Waals surface area contributed by atoms with Crippen molar-refractivity contribution in [1.29, 1.82) is 0 Å². The van der Waals surface area contributed by atoms with Gasteiger partial charge in [-0.05, 0) is 44.4 Å². The number of nitrogens with one attached hydrogen (secondary N) is 3. The number of benzene rings is 1. The van der Waals surface area contributed by atoms with Gasteiger partial charge in [0.05, 0.1) is 17.1 Å². The Hall–Kier alpha value is -1.66. The number of oxazole rings is 1. The van der Waals surface area contributed by atoms with Gasteiger partial charge in [-0.15, -0.1) is 24.0 Å². The minimum absolute atomic E-state index is 0. The van der Waals surface area contributed by atoms with Crippen molar-refractivity contribution >= 4 is 40.0 Å². The van der Waals surface area contributed by atoms with Crippen LogP contribution >= 0.6 is 24.0 Å². The quantitative estimate of drug-likeness (QED) is 0.294. The van der Waals surface area contributed by atoms with Gasteiger partial charge in [-0.1, -0.05) is 12.1 Å². The Kier molecular flexibility index (Phi) is 7.84. The van der Waals surface area contributed by atoms with E-state index in [0.717, 1.165) is 29.9 Å². The van der Waals surface area contributed by atoms with Crippen LogP contribution in [0.1, 0.15) is 35.7 Å². The van der Waals surface area contributed by atoms with Crippen molar-refractivity contribution in [3.63, 3.8) is 0 Å². The molecular weight excluding hydrogens is 493 g/mol. The van der Waals surface area contributed by atoms with Crippen LogP contribution in [-0.4, -0.2) is 32.5 Å². The Balaban J connectivity index is 0.00000280. The van der Waals surface area contributed by atoms with Gasteiger partial charge in [0.15, 0.2) is 5.96 Å². The van der Waals surface area contributed by atoms with E-state index in [2.05, 4.69) is 25.3 Å². The molecule has 154 valence electrons. The molecule has 0 amide bonds. The fraction of sp³-hybridized carbons (Fsp3) is 0.444. The summed E-state index contributed by atoms with van der Waals surface area (Å²) >= 11 is 0. The summed E-state index contributed by atoms with van der Waals surface area (Å²) in [5, 5.41) is 6.32. The predicted octanol–water partition coefficient (Wildman–Crippen LogP) is 2.22. The molecule has 0 radical (unpaired) electrons. The fourth-order valence-corrected chi connectivity index (χ4v) is 3.76. The average Bonchev–Trinajstić information content (AvgIpc) is 3.38. The summed E-state index contributed by atoms with van der Waals surface area (Å²) in [6, 6.07) is 6.93. The van der Waals surface area contributed by atoms with Crippen molar-refractivity contribution in [2.45, 2.75) is 50.7 Å². The lowest BCUT2D eigenvalue weighted by Crippen LogP contribution is -2.36. The minimum atomic E-state index is -3.41. The molecule has 0 bridgehead atoms. The Morgan fingerprint density at radius 1 is 1.18 bits per heavy atom. The zero-order valence-corrected chi connectivity index (χ0v) is 19.3. The van der Waals surface area contributed by atoms with Crippen LogP contribution in [0.3, 0.4) is 0 Å². The summed E-state index contributed by atoms with van der Waals surface area (Å²) in [5.41, 5.74) is 1.83. The standard InChI is InChI=1S/C18H25N5O3S.HI/c1-12-13(2)26-17(22-12)11-21-18(19-3)20-10-14-4-8-16(9-5-14)27(24,25)23-15-6-7-15;/h4-5,8-9,15,23H,6-7,10-11H2,1-3H3,(H2,19,20,21);1H. The summed E-state index contributed by atoms with van der Waals surface area (Å²) in [4.78, 5) is 8.77. The van der Waals surface area contributed by atoms with Crippen LogP contribution in [0.4, 0.5) is 0 Å². The van der Waals surface area contributed by atoms with Gasteiger partial charge in [0.1, 0.15) is 5.76 Å². The molecule has 3 N–H and O–H groups in total. The van der Waals surface area contributed by atoms with Gasteiger partial charge in [0, 0.05) is 19.6 Å². The van der Waals surface area contributed by atoms with Crippen LogP contribution < -0.4 is 15.4 Å². The highest BCUT2D eigenvalue weighted by Crippen LogP contribution is 2.22. The third-order valence-corrected chi connectivity index (χ3v) is 5.83. The number of guanidine groups is 1. The largest absolute Gasteiger partial charge is 0.444 e. The lowest BCUT2D eigenvalue weighted by molar-refractivity contribution is 0.463. The van der Waals surface area contributed by atoms with Crippen LogP contribution in [-0.2, 0) is 23.1 Å². The predicted molar refractivity (Wildman–Crippen MR) is 118 cm³/mol. The molecular formula is C18H26IN5O3S. The van der Waals surface area contributed by atoms with Crippen LogP contribution in [0.25, 0.3) is 0 Å². The van der Waals surface area contributed by atoms with Crippen molar-refractivity contribution in [2.75, 3.05) is 7.05 Å². The summed E-state index contributed by atoms with van der Waals surface area (Å²) < 4.78 is 32.6. The first-order valence-corrected chi connectivity index (χ1v) is 10.3. The Bertz CT molecular complexity index is 902. The zero-order valence-electron chi connectivity index (χ0n) is 16.2. The molecule has 0 saturated heterocycles. The fourth-order valence-electron chi connectivity index (χ4n) is 2.46. The van der Waals surface area contributed by atoms with E-state index in [9.17, 15) is 8.42 Å². The van der Waals surface area contributed by atoms with Crippen LogP contribution in [0.15, 0.2) is 38.6 Å². The second kappa shape index (κ2) is 9.70. The van der Waals surface area contributed by atoms with Crippen molar-refractivity contribution < 1.29 is 12.8 Å². The van der Waals surface area contributed by atoms with Gasteiger partial charge in [0.2, 0.25) is 15.9 Å². The summed E-state index contributed by atoms with van der Waals surface area (Å²) in [5.74, 6) is 2.02. The van der Waals surface area contributed by atoms with Gasteiger partial charge in [0.25, 0.3) is 0 Å². The molecule has 0 atom stereocenters. The molecule has 10 heteroatoms. The average molecular weight is 519 g/mol. The van der Waals surface area contributed by atoms with Gasteiger partial charge in [-0.25, -0.2) is 18.1 Å². The molecule has 2 aromatic rings. The van der Waals surface area contributed by atoms with E-state index in [-0.39, 0.29) is 34.9 Å². The van der Waals surface area contributed by atoms with Crippen LogP contribution in [0, 0.1) is 13.8 Å². The smallest absolute Gasteiger partial charge is 0.240 e. The van der Waals surface area contributed by atoms with E-state index in [1.807, 2.05) is 13.8 Å². The lowest BCUT2D eigenvalue weighted by atomic mass is 10.2. The number of halogens is 1. The molecule has 1 aromatic carbocycles. The lowest BCUT2D eigenvalue weighted by Gasteiger charge is -2.11. The molecule has 8 nitrogen and oxygen atoms in total. The highest BCUT2D eigenvalue weighted by atomic mass is 127. The minimum Gasteiger partial charge on any atom is -0.444 e. The third-order valence-electron chi connectivity index (χ3n) is 4.30. The van der Waals surface area contributed by atoms with E-state index < -0.39 is 10.0 Å². The highest BCUT2D eigenvalue weighted by molar-refractivity contribution is 14.0. The second-order valence-electron chi connectivity index (χ2n) is 6.57.